The zero-order valence-electron chi connectivity index (χ0n) is 11.1. The van der Waals surface area contributed by atoms with E-state index in [1.807, 2.05) is 0 Å². The van der Waals surface area contributed by atoms with E-state index in [1.54, 1.807) is 0 Å². The molecule has 0 bridgehead atoms. The van der Waals surface area contributed by atoms with Gasteiger partial charge in [-0.3, -0.25) is 4.90 Å². The van der Waals surface area contributed by atoms with Crippen LogP contribution in [0.5, 0.6) is 0 Å². The maximum Gasteiger partial charge on any atom is 0.0159 e. The predicted molar refractivity (Wildman–Crippen MR) is 76.3 cm³/mol. The van der Waals surface area contributed by atoms with Crippen molar-refractivity contribution in [2.24, 2.45) is 5.92 Å². The summed E-state index contributed by atoms with van der Waals surface area (Å²) >= 11 is 3.61. The molecule has 96 valence electrons. The monoisotopic (exact) mass is 289 g/mol. The Kier molecular flexibility index (Phi) is 7.72. The highest BCUT2D eigenvalue weighted by Gasteiger charge is 2.22. The maximum absolute atomic E-state index is 3.61. The second-order valence-corrected chi connectivity index (χ2v) is 5.95. The fraction of sp³-hybridized carbons (Fsp3) is 1.00. The molecule has 0 unspecified atom stereocenters. The van der Waals surface area contributed by atoms with Gasteiger partial charge in [-0.05, 0) is 18.8 Å². The molecule has 16 heavy (non-hydrogen) atoms. The average molecular weight is 290 g/mol. The van der Waals surface area contributed by atoms with E-state index in [0.29, 0.717) is 0 Å². The van der Waals surface area contributed by atoms with E-state index in [1.165, 1.54) is 58.0 Å². The van der Waals surface area contributed by atoms with Crippen LogP contribution in [-0.2, 0) is 0 Å². The number of nitrogens with zero attached hydrogens (tertiary/aromatic N) is 1. The van der Waals surface area contributed by atoms with Gasteiger partial charge < -0.3 is 0 Å². The largest absolute Gasteiger partial charge is 0.299 e. The topological polar surface area (TPSA) is 3.24 Å². The van der Waals surface area contributed by atoms with Crippen LogP contribution in [-0.4, -0.2) is 29.4 Å². The van der Waals surface area contributed by atoms with Gasteiger partial charge >= 0.3 is 0 Å². The zero-order chi connectivity index (χ0) is 11.8. The molecule has 1 saturated carbocycles. The summed E-state index contributed by atoms with van der Waals surface area (Å²) in [4.78, 5) is 2.76. The first-order valence-electron chi connectivity index (χ1n) is 7.11. The predicted octanol–water partition coefficient (Wildman–Crippen LogP) is 4.45. The van der Waals surface area contributed by atoms with Crippen molar-refractivity contribution in [1.82, 2.24) is 4.90 Å². The van der Waals surface area contributed by atoms with E-state index < -0.39 is 0 Å². The summed E-state index contributed by atoms with van der Waals surface area (Å²) in [6.45, 7) is 7.23. The van der Waals surface area contributed by atoms with E-state index in [-0.39, 0.29) is 0 Å². The molecule has 0 heterocycles. The lowest BCUT2D eigenvalue weighted by Crippen LogP contribution is -2.41. The summed E-state index contributed by atoms with van der Waals surface area (Å²) in [5.74, 6) is 0.904. The highest BCUT2D eigenvalue weighted by Crippen LogP contribution is 2.24. The second kappa shape index (κ2) is 8.52. The smallest absolute Gasteiger partial charge is 0.0159 e. The molecule has 0 atom stereocenters. The molecule has 1 aliphatic carbocycles. The maximum atomic E-state index is 3.61. The minimum atomic E-state index is 0.881. The van der Waals surface area contributed by atoms with Gasteiger partial charge in [0.25, 0.3) is 0 Å². The van der Waals surface area contributed by atoms with Gasteiger partial charge in [0.1, 0.15) is 0 Å². The molecule has 1 fully saturated rings. The van der Waals surface area contributed by atoms with E-state index in [9.17, 15) is 0 Å². The first kappa shape index (κ1) is 14.5. The molecule has 1 nitrogen and oxygen atoms in total. The zero-order valence-corrected chi connectivity index (χ0v) is 12.6. The van der Waals surface area contributed by atoms with Crippen LogP contribution < -0.4 is 0 Å². The summed E-state index contributed by atoms with van der Waals surface area (Å²) in [5.41, 5.74) is 0. The van der Waals surface area contributed by atoms with Crippen molar-refractivity contribution >= 4 is 15.9 Å². The van der Waals surface area contributed by atoms with Crippen molar-refractivity contribution in [3.8, 4) is 0 Å². The minimum absolute atomic E-state index is 0.881. The third kappa shape index (κ3) is 4.75. The minimum Gasteiger partial charge on any atom is -0.299 e. The molecule has 2 heteroatoms. The number of alkyl halides is 1. The summed E-state index contributed by atoms with van der Waals surface area (Å²) in [5, 5.41) is 1.13. The summed E-state index contributed by atoms with van der Waals surface area (Å²) in [6, 6.07) is 0.881. The van der Waals surface area contributed by atoms with E-state index in [2.05, 4.69) is 34.7 Å². The molecule has 0 N–H and O–H groups in total. The van der Waals surface area contributed by atoms with Crippen molar-refractivity contribution in [3.05, 3.63) is 0 Å². The van der Waals surface area contributed by atoms with Gasteiger partial charge in [0, 0.05) is 24.5 Å². The Balaban J connectivity index is 2.44. The Morgan fingerprint density at radius 1 is 1.12 bits per heavy atom. The first-order chi connectivity index (χ1) is 7.81. The van der Waals surface area contributed by atoms with Crippen LogP contribution >= 0.6 is 15.9 Å². The molecule has 0 aromatic carbocycles. The number of rotatable bonds is 7. The lowest BCUT2D eigenvalue weighted by molar-refractivity contribution is 0.138. The Labute approximate surface area is 110 Å². The fourth-order valence-corrected chi connectivity index (χ4v) is 3.31. The molecule has 0 saturated heterocycles. The van der Waals surface area contributed by atoms with Crippen LogP contribution in [0.4, 0.5) is 0 Å². The lowest BCUT2D eigenvalue weighted by atomic mass is 9.92. The summed E-state index contributed by atoms with van der Waals surface area (Å²) in [6.07, 6.45) is 9.91. The van der Waals surface area contributed by atoms with E-state index >= 15 is 0 Å². The second-order valence-electron chi connectivity index (χ2n) is 5.16. The molecule has 0 spiro atoms. The molecular formula is C14H28BrN. The highest BCUT2D eigenvalue weighted by atomic mass is 79.9. The molecular weight excluding hydrogens is 262 g/mol. The van der Waals surface area contributed by atoms with Crippen molar-refractivity contribution in [1.29, 1.82) is 0 Å². The van der Waals surface area contributed by atoms with Gasteiger partial charge in [-0.1, -0.05) is 61.9 Å². The van der Waals surface area contributed by atoms with E-state index in [4.69, 9.17) is 0 Å². The van der Waals surface area contributed by atoms with Gasteiger partial charge in [0.2, 0.25) is 0 Å². The van der Waals surface area contributed by atoms with Crippen LogP contribution in [0.25, 0.3) is 0 Å². The molecule has 0 aromatic heterocycles. The van der Waals surface area contributed by atoms with Gasteiger partial charge in [0.05, 0.1) is 0 Å². The van der Waals surface area contributed by atoms with Gasteiger partial charge in [0.15, 0.2) is 0 Å². The van der Waals surface area contributed by atoms with E-state index in [0.717, 1.165) is 17.3 Å². The van der Waals surface area contributed by atoms with Crippen LogP contribution in [0.15, 0.2) is 0 Å². The first-order valence-corrected chi connectivity index (χ1v) is 8.23. The fourth-order valence-electron chi connectivity index (χ4n) is 2.86. The molecule has 0 aromatic rings. The molecule has 1 aliphatic rings. The molecule has 0 aliphatic heterocycles. The quantitative estimate of drug-likeness (QED) is 0.626. The van der Waals surface area contributed by atoms with Crippen LogP contribution in [0.1, 0.15) is 58.8 Å². The summed E-state index contributed by atoms with van der Waals surface area (Å²) in [7, 11) is 0. The third-order valence-corrected chi connectivity index (χ3v) is 4.46. The highest BCUT2D eigenvalue weighted by molar-refractivity contribution is 9.09. The number of halogens is 1. The normalized spacial score (nSPS) is 18.6. The number of hydrogen-bond acceptors (Lipinski definition) is 1. The average Bonchev–Trinajstić information content (AvgIpc) is 2.35. The Hall–Kier alpha value is 0.440. The van der Waals surface area contributed by atoms with Crippen molar-refractivity contribution in [3.63, 3.8) is 0 Å². The van der Waals surface area contributed by atoms with Gasteiger partial charge in [-0.2, -0.15) is 0 Å². The SMILES string of the molecule is CCC(CC)CN(CCBr)C1CCCCC1. The molecule has 0 radical (unpaired) electrons. The van der Waals surface area contributed by atoms with Crippen LogP contribution in [0.2, 0.25) is 0 Å². The van der Waals surface area contributed by atoms with Crippen molar-refractivity contribution in [2.45, 2.75) is 64.8 Å². The third-order valence-electron chi connectivity index (χ3n) is 4.11. The molecule has 1 rings (SSSR count). The van der Waals surface area contributed by atoms with Crippen LogP contribution in [0.3, 0.4) is 0 Å². The summed E-state index contributed by atoms with van der Waals surface area (Å²) < 4.78 is 0. The molecule has 0 amide bonds. The van der Waals surface area contributed by atoms with Gasteiger partial charge in [-0.15, -0.1) is 0 Å². The van der Waals surface area contributed by atoms with Gasteiger partial charge in [-0.25, -0.2) is 0 Å². The Morgan fingerprint density at radius 2 is 1.75 bits per heavy atom. The van der Waals surface area contributed by atoms with Crippen molar-refractivity contribution in [2.75, 3.05) is 18.4 Å². The number of hydrogen-bond donors (Lipinski definition) is 0. The van der Waals surface area contributed by atoms with Crippen molar-refractivity contribution < 1.29 is 0 Å². The standard InChI is InChI=1S/C14H28BrN/c1-3-13(4-2)12-16(11-10-15)14-8-6-5-7-9-14/h13-14H,3-12H2,1-2H3. The lowest BCUT2D eigenvalue weighted by Gasteiger charge is -2.36. The Morgan fingerprint density at radius 3 is 2.25 bits per heavy atom. The van der Waals surface area contributed by atoms with Crippen LogP contribution in [0, 0.1) is 5.92 Å². The Bertz CT molecular complexity index is 162.